The number of halogens is 2. The van der Waals surface area contributed by atoms with Crippen molar-refractivity contribution in [3.8, 4) is 0 Å². The highest BCUT2D eigenvalue weighted by Gasteiger charge is 2.07. The first kappa shape index (κ1) is 15.3. The molecule has 0 aromatic carbocycles. The number of aromatic nitrogens is 1. The van der Waals surface area contributed by atoms with E-state index >= 15 is 0 Å². The summed E-state index contributed by atoms with van der Waals surface area (Å²) in [5.74, 6) is 0.885. The van der Waals surface area contributed by atoms with Crippen molar-refractivity contribution in [1.29, 1.82) is 0 Å². The average molecular weight is 291 g/mol. The second-order valence-electron chi connectivity index (χ2n) is 4.05. The molecule has 1 aromatic heterocycles. The van der Waals surface area contributed by atoms with E-state index in [9.17, 15) is 0 Å². The van der Waals surface area contributed by atoms with Crippen LogP contribution >= 0.6 is 23.2 Å². The van der Waals surface area contributed by atoms with Gasteiger partial charge in [-0.15, -0.1) is 0 Å². The average Bonchev–Trinajstić information content (AvgIpc) is 2.34. The summed E-state index contributed by atoms with van der Waals surface area (Å²) < 4.78 is 0. The van der Waals surface area contributed by atoms with Gasteiger partial charge in [0.25, 0.3) is 0 Å². The zero-order chi connectivity index (χ0) is 13.5. The third kappa shape index (κ3) is 4.52. The molecule has 0 bridgehead atoms. The van der Waals surface area contributed by atoms with Crippen LogP contribution in [0.1, 0.15) is 20.3 Å². The molecule has 18 heavy (non-hydrogen) atoms. The van der Waals surface area contributed by atoms with Gasteiger partial charge < -0.3 is 16.0 Å². The van der Waals surface area contributed by atoms with Crippen LogP contribution in [0.15, 0.2) is 6.07 Å². The number of nitrogens with two attached hydrogens (primary N) is 1. The molecule has 1 heterocycles. The molecule has 0 radical (unpaired) electrons. The highest BCUT2D eigenvalue weighted by Crippen LogP contribution is 2.27. The van der Waals surface area contributed by atoms with Crippen molar-refractivity contribution in [3.63, 3.8) is 0 Å². The van der Waals surface area contributed by atoms with Crippen molar-refractivity contribution in [2.75, 3.05) is 37.2 Å². The van der Waals surface area contributed by atoms with E-state index in [2.05, 4.69) is 29.0 Å². The lowest BCUT2D eigenvalue weighted by Gasteiger charge is -2.20. The minimum absolute atomic E-state index is 0.296. The minimum atomic E-state index is 0.296. The van der Waals surface area contributed by atoms with E-state index in [1.807, 2.05) is 0 Å². The summed E-state index contributed by atoms with van der Waals surface area (Å²) in [6.45, 7) is 8.20. The molecule has 102 valence electrons. The summed E-state index contributed by atoms with van der Waals surface area (Å²) in [7, 11) is 0. The second-order valence-corrected chi connectivity index (χ2v) is 4.86. The lowest BCUT2D eigenvalue weighted by atomic mass is 10.4. The fourth-order valence-electron chi connectivity index (χ4n) is 1.68. The fraction of sp³-hybridized carbons (Fsp3) is 0.583. The Labute approximate surface area is 118 Å². The van der Waals surface area contributed by atoms with Crippen LogP contribution in [0.3, 0.4) is 0 Å². The fourth-order valence-corrected chi connectivity index (χ4v) is 2.11. The van der Waals surface area contributed by atoms with Gasteiger partial charge in [0, 0.05) is 13.1 Å². The van der Waals surface area contributed by atoms with Crippen LogP contribution < -0.4 is 11.1 Å². The van der Waals surface area contributed by atoms with Gasteiger partial charge in [0.15, 0.2) is 0 Å². The van der Waals surface area contributed by atoms with Crippen molar-refractivity contribution in [3.05, 3.63) is 16.1 Å². The number of nitrogens with zero attached hydrogens (tertiary/aromatic N) is 2. The summed E-state index contributed by atoms with van der Waals surface area (Å²) >= 11 is 11.9. The topological polar surface area (TPSA) is 54.2 Å². The van der Waals surface area contributed by atoms with Gasteiger partial charge in [-0.05, 0) is 25.6 Å². The number of nitrogen functional groups attached to an aromatic ring is 1. The van der Waals surface area contributed by atoms with Gasteiger partial charge in [-0.2, -0.15) is 0 Å². The Morgan fingerprint density at radius 2 is 2.00 bits per heavy atom. The zero-order valence-corrected chi connectivity index (χ0v) is 12.4. The Morgan fingerprint density at radius 1 is 1.28 bits per heavy atom. The van der Waals surface area contributed by atoms with Crippen LogP contribution in [-0.4, -0.2) is 36.1 Å². The van der Waals surface area contributed by atoms with Gasteiger partial charge >= 0.3 is 0 Å². The van der Waals surface area contributed by atoms with Crippen molar-refractivity contribution in [2.45, 2.75) is 20.3 Å². The molecule has 6 heteroatoms. The molecule has 0 unspecified atom stereocenters. The van der Waals surface area contributed by atoms with E-state index in [1.54, 1.807) is 6.07 Å². The molecular weight excluding hydrogens is 271 g/mol. The highest BCUT2D eigenvalue weighted by molar-refractivity contribution is 6.37. The Kier molecular flexibility index (Phi) is 6.54. The maximum absolute atomic E-state index is 6.03. The predicted octanol–water partition coefficient (Wildman–Crippen LogP) is 3.11. The first-order chi connectivity index (χ1) is 8.58. The van der Waals surface area contributed by atoms with Gasteiger partial charge in [0.2, 0.25) is 0 Å². The third-order valence-corrected chi connectivity index (χ3v) is 3.25. The Morgan fingerprint density at radius 3 is 2.61 bits per heavy atom. The summed E-state index contributed by atoms with van der Waals surface area (Å²) in [5.41, 5.74) is 5.64. The summed E-state index contributed by atoms with van der Waals surface area (Å²) in [5, 5.41) is 4.06. The van der Waals surface area contributed by atoms with Gasteiger partial charge in [-0.3, -0.25) is 0 Å². The van der Waals surface area contributed by atoms with Gasteiger partial charge in [-0.1, -0.05) is 37.0 Å². The zero-order valence-electron chi connectivity index (χ0n) is 10.8. The highest BCUT2D eigenvalue weighted by atomic mass is 35.5. The maximum atomic E-state index is 6.03. The smallest absolute Gasteiger partial charge is 0.147 e. The van der Waals surface area contributed by atoms with Crippen molar-refractivity contribution in [2.24, 2.45) is 0 Å². The molecular formula is C12H20Cl2N4. The molecule has 0 fully saturated rings. The largest absolute Gasteiger partial charge is 0.382 e. The normalized spacial score (nSPS) is 10.9. The lowest BCUT2D eigenvalue weighted by Crippen LogP contribution is -2.29. The van der Waals surface area contributed by atoms with E-state index in [0.29, 0.717) is 21.7 Å². The second kappa shape index (κ2) is 7.67. The molecule has 4 nitrogen and oxygen atoms in total. The number of likely N-dealkylation sites (N-methyl/N-ethyl adjacent to an activating group) is 1. The number of hydrogen-bond donors (Lipinski definition) is 2. The lowest BCUT2D eigenvalue weighted by molar-refractivity contribution is 0.300. The molecule has 0 aliphatic rings. The monoisotopic (exact) mass is 290 g/mol. The van der Waals surface area contributed by atoms with Crippen LogP contribution in [0, 0.1) is 0 Å². The van der Waals surface area contributed by atoms with E-state index in [4.69, 9.17) is 28.9 Å². The summed E-state index contributed by atoms with van der Waals surface area (Å²) in [4.78, 5) is 6.49. The number of nitrogens with one attached hydrogen (secondary N) is 1. The van der Waals surface area contributed by atoms with Crippen LogP contribution in [-0.2, 0) is 0 Å². The van der Waals surface area contributed by atoms with E-state index in [0.717, 1.165) is 32.6 Å². The van der Waals surface area contributed by atoms with Crippen molar-refractivity contribution in [1.82, 2.24) is 9.88 Å². The van der Waals surface area contributed by atoms with E-state index in [-0.39, 0.29) is 0 Å². The number of rotatable bonds is 7. The molecule has 0 saturated heterocycles. The molecule has 0 aliphatic carbocycles. The molecule has 0 spiro atoms. The molecule has 0 atom stereocenters. The molecule has 0 saturated carbocycles. The van der Waals surface area contributed by atoms with Gasteiger partial charge in [0.1, 0.15) is 11.6 Å². The minimum Gasteiger partial charge on any atom is -0.382 e. The SMILES string of the molecule is CCCN(CC)CCNc1nc(N)c(Cl)cc1Cl. The molecule has 3 N–H and O–H groups in total. The van der Waals surface area contributed by atoms with Crippen LogP contribution in [0.25, 0.3) is 0 Å². The maximum Gasteiger partial charge on any atom is 0.147 e. The molecule has 0 amide bonds. The number of hydrogen-bond acceptors (Lipinski definition) is 4. The first-order valence-corrected chi connectivity index (χ1v) is 6.91. The van der Waals surface area contributed by atoms with Crippen LogP contribution in [0.5, 0.6) is 0 Å². The summed E-state index contributed by atoms with van der Waals surface area (Å²) in [6, 6.07) is 1.61. The van der Waals surface area contributed by atoms with Crippen LogP contribution in [0.4, 0.5) is 11.6 Å². The first-order valence-electron chi connectivity index (χ1n) is 6.16. The predicted molar refractivity (Wildman–Crippen MR) is 79.6 cm³/mol. The molecule has 1 aromatic rings. The van der Waals surface area contributed by atoms with Gasteiger partial charge in [-0.25, -0.2) is 4.98 Å². The Balaban J connectivity index is 2.51. The van der Waals surface area contributed by atoms with E-state index < -0.39 is 0 Å². The third-order valence-electron chi connectivity index (χ3n) is 2.66. The number of pyridine rings is 1. The summed E-state index contributed by atoms with van der Waals surface area (Å²) in [6.07, 6.45) is 1.15. The standard InChI is InChI=1S/C12H20Cl2N4/c1-3-6-18(4-2)7-5-16-12-10(14)8-9(13)11(15)17-12/h8H,3-7H2,1-2H3,(H3,15,16,17). The van der Waals surface area contributed by atoms with Crippen LogP contribution in [0.2, 0.25) is 10.0 Å². The van der Waals surface area contributed by atoms with E-state index in [1.165, 1.54) is 0 Å². The quantitative estimate of drug-likeness (QED) is 0.810. The van der Waals surface area contributed by atoms with Gasteiger partial charge in [0.05, 0.1) is 10.0 Å². The van der Waals surface area contributed by atoms with Crippen molar-refractivity contribution >= 4 is 34.8 Å². The number of anilines is 2. The van der Waals surface area contributed by atoms with Crippen molar-refractivity contribution < 1.29 is 0 Å². The molecule has 1 rings (SSSR count). The molecule has 0 aliphatic heterocycles. The Bertz CT molecular complexity index is 385. The Hall–Kier alpha value is -0.710.